The zero-order chi connectivity index (χ0) is 47.0. The van der Waals surface area contributed by atoms with Gasteiger partial charge in [-0.05, 0) is 49.1 Å². The average Bonchev–Trinajstić information content (AvgIpc) is 4.11. The molecule has 2 aromatic carbocycles. The SMILES string of the molecule is COC(=O)N[C@H](C(=O)N1CCC[C@H]1c1ncc(-c2ccc3nc(-c4ccc(-c5c[nH]c([C@@H]6CCCN6C(=O)[C@H](C(C)C)N(C)C(=O)OC(=O)C(F)(F)F)n5)cc4)cnc3c2)[nH]1)C(C)(C)C. The Morgan fingerprint density at radius 1 is 0.815 bits per heavy atom. The number of hydrogen-bond acceptors (Lipinski definition) is 11. The molecule has 5 heterocycles. The number of amides is 4. The molecule has 4 atom stereocenters. The molecular formula is C45H51F3N10O7. The van der Waals surface area contributed by atoms with Crippen LogP contribution in [0.25, 0.3) is 44.8 Å². The van der Waals surface area contributed by atoms with E-state index in [-0.39, 0.29) is 11.9 Å². The first kappa shape index (κ1) is 46.1. The van der Waals surface area contributed by atoms with E-state index in [9.17, 15) is 37.1 Å². The maximum atomic E-state index is 13.8. The number of aromatic nitrogens is 6. The number of carbonyl (C=O) groups excluding carboxylic acids is 5. The first-order valence-electron chi connectivity index (χ1n) is 21.2. The Labute approximate surface area is 372 Å². The summed E-state index contributed by atoms with van der Waals surface area (Å²) < 4.78 is 47.1. The highest BCUT2D eigenvalue weighted by molar-refractivity contribution is 5.91. The largest absolute Gasteiger partial charge is 0.491 e. The van der Waals surface area contributed by atoms with Crippen LogP contribution in [0.3, 0.4) is 0 Å². The molecule has 0 saturated carbocycles. The van der Waals surface area contributed by atoms with Crippen LogP contribution in [0.1, 0.15) is 84.0 Å². The standard InChI is InChI=1S/C45H51F3N10O7/c1-24(2)35(56(6)43(63)65-41(61)45(46,47)48)39(59)57-18-8-10-33(57)37-50-22-31(53-37)26-14-12-25(13-15-26)30-21-49-29-20-27(16-17-28(29)52-30)32-23-51-38(54-32)34-11-9-19-58(34)40(60)36(44(3,4)5)55-42(62)64-7/h12-17,20-24,33-36H,8-11,18-19H2,1-7H3,(H,50,53)(H,51,54)(H,55,62)/t33-,34-,35-,36+/m0/s1. The van der Waals surface area contributed by atoms with Crippen molar-refractivity contribution in [3.05, 3.63) is 72.7 Å². The van der Waals surface area contributed by atoms with Gasteiger partial charge in [-0.25, -0.2) is 29.3 Å². The number of methoxy groups -OCH3 is 1. The number of ether oxygens (including phenoxy) is 2. The van der Waals surface area contributed by atoms with Crippen molar-refractivity contribution in [2.24, 2.45) is 11.3 Å². The molecule has 17 nitrogen and oxygen atoms in total. The van der Waals surface area contributed by atoms with Gasteiger partial charge in [0, 0.05) is 43.0 Å². The highest BCUT2D eigenvalue weighted by Crippen LogP contribution is 2.36. The number of carbonyl (C=O) groups is 5. The lowest BCUT2D eigenvalue weighted by Crippen LogP contribution is -2.54. The normalized spacial score (nSPS) is 17.6. The van der Waals surface area contributed by atoms with Crippen molar-refractivity contribution in [3.8, 4) is 33.8 Å². The molecule has 3 aromatic heterocycles. The first-order valence-corrected chi connectivity index (χ1v) is 21.2. The van der Waals surface area contributed by atoms with E-state index in [1.807, 2.05) is 63.2 Å². The molecule has 0 radical (unpaired) electrons. The van der Waals surface area contributed by atoms with Gasteiger partial charge in [-0.3, -0.25) is 19.5 Å². The van der Waals surface area contributed by atoms with Gasteiger partial charge >= 0.3 is 24.3 Å². The molecule has 0 unspecified atom stereocenters. The minimum atomic E-state index is -5.37. The summed E-state index contributed by atoms with van der Waals surface area (Å²) in [6.45, 7) is 9.84. The number of H-pyrrole nitrogens is 2. The molecule has 7 rings (SSSR count). The molecule has 0 bridgehead atoms. The minimum Gasteiger partial charge on any atom is -0.453 e. The maximum Gasteiger partial charge on any atom is 0.491 e. The number of nitrogens with zero attached hydrogens (tertiary/aromatic N) is 7. The van der Waals surface area contributed by atoms with Crippen LogP contribution in [0.2, 0.25) is 0 Å². The molecular weight excluding hydrogens is 850 g/mol. The molecule has 3 N–H and O–H groups in total. The van der Waals surface area contributed by atoms with Crippen molar-refractivity contribution in [3.63, 3.8) is 0 Å². The molecule has 344 valence electrons. The number of rotatable bonds is 10. The fourth-order valence-electron chi connectivity index (χ4n) is 8.45. The van der Waals surface area contributed by atoms with Crippen molar-refractivity contribution in [1.82, 2.24) is 49.9 Å². The van der Waals surface area contributed by atoms with Gasteiger partial charge in [0.2, 0.25) is 11.8 Å². The number of hydrogen-bond donors (Lipinski definition) is 3. The number of nitrogens with one attached hydrogen (secondary N) is 3. The fraction of sp³-hybridized carbons (Fsp3) is 0.444. The Bertz CT molecular complexity index is 2590. The van der Waals surface area contributed by atoms with Crippen LogP contribution in [0, 0.1) is 11.3 Å². The Kier molecular flexibility index (Phi) is 13.0. The van der Waals surface area contributed by atoms with E-state index in [1.165, 1.54) is 7.11 Å². The second-order valence-electron chi connectivity index (χ2n) is 17.7. The van der Waals surface area contributed by atoms with Crippen molar-refractivity contribution >= 4 is 41.0 Å². The summed E-state index contributed by atoms with van der Waals surface area (Å²) in [5, 5.41) is 2.71. The van der Waals surface area contributed by atoms with Crippen molar-refractivity contribution < 1.29 is 46.6 Å². The number of alkyl carbamates (subject to hydrolysis) is 1. The second kappa shape index (κ2) is 18.3. The van der Waals surface area contributed by atoms with E-state index in [0.717, 1.165) is 47.2 Å². The molecule has 2 aliphatic heterocycles. The third kappa shape index (κ3) is 9.80. The summed E-state index contributed by atoms with van der Waals surface area (Å²) in [4.78, 5) is 93.2. The van der Waals surface area contributed by atoms with Gasteiger partial charge in [-0.15, -0.1) is 0 Å². The highest BCUT2D eigenvalue weighted by atomic mass is 19.4. The maximum absolute atomic E-state index is 13.8. The fourth-order valence-corrected chi connectivity index (χ4v) is 8.45. The molecule has 0 aliphatic carbocycles. The Balaban J connectivity index is 1.02. The average molecular weight is 901 g/mol. The number of esters is 1. The second-order valence-corrected chi connectivity index (χ2v) is 17.7. The van der Waals surface area contributed by atoms with Crippen molar-refractivity contribution in [2.45, 2.75) is 90.6 Å². The van der Waals surface area contributed by atoms with Crippen LogP contribution in [-0.4, -0.2) is 120 Å². The van der Waals surface area contributed by atoms with Crippen LogP contribution < -0.4 is 5.32 Å². The topological polar surface area (TPSA) is 209 Å². The number of aromatic amines is 2. The number of alkyl halides is 3. The van der Waals surface area contributed by atoms with Crippen LogP contribution in [0.15, 0.2) is 61.1 Å². The summed E-state index contributed by atoms with van der Waals surface area (Å²) >= 11 is 0. The van der Waals surface area contributed by atoms with E-state index in [1.54, 1.807) is 42.2 Å². The number of benzene rings is 2. The molecule has 5 aromatic rings. The van der Waals surface area contributed by atoms with Crippen LogP contribution in [0.4, 0.5) is 22.8 Å². The number of imidazole rings is 2. The van der Waals surface area contributed by atoms with Gasteiger partial charge in [-0.2, -0.15) is 13.2 Å². The number of halogens is 3. The van der Waals surface area contributed by atoms with Gasteiger partial charge in [0.05, 0.1) is 59.7 Å². The van der Waals surface area contributed by atoms with Crippen molar-refractivity contribution in [2.75, 3.05) is 27.2 Å². The minimum absolute atomic E-state index is 0.196. The van der Waals surface area contributed by atoms with Crippen LogP contribution in [0.5, 0.6) is 0 Å². The lowest BCUT2D eigenvalue weighted by molar-refractivity contribution is -0.194. The highest BCUT2D eigenvalue weighted by Gasteiger charge is 2.46. The summed E-state index contributed by atoms with van der Waals surface area (Å²) in [7, 11) is 2.39. The Morgan fingerprint density at radius 2 is 1.43 bits per heavy atom. The lowest BCUT2D eigenvalue weighted by Gasteiger charge is -2.35. The summed E-state index contributed by atoms with van der Waals surface area (Å²) in [5.41, 5.74) is 5.28. The van der Waals surface area contributed by atoms with Gasteiger partial charge in [-0.1, -0.05) is 65.0 Å². The molecule has 2 saturated heterocycles. The van der Waals surface area contributed by atoms with E-state index >= 15 is 0 Å². The molecule has 2 aliphatic rings. The third-order valence-corrected chi connectivity index (χ3v) is 11.8. The summed E-state index contributed by atoms with van der Waals surface area (Å²) in [5.74, 6) is -2.71. The molecule has 4 amide bonds. The summed E-state index contributed by atoms with van der Waals surface area (Å²) in [6, 6.07) is 10.6. The third-order valence-electron chi connectivity index (χ3n) is 11.8. The van der Waals surface area contributed by atoms with Gasteiger partial charge in [0.15, 0.2) is 0 Å². The monoisotopic (exact) mass is 900 g/mol. The Morgan fingerprint density at radius 3 is 2.05 bits per heavy atom. The predicted molar refractivity (Wildman–Crippen MR) is 230 cm³/mol. The number of fused-ring (bicyclic) bond motifs is 1. The van der Waals surface area contributed by atoms with E-state index in [2.05, 4.69) is 25.0 Å². The van der Waals surface area contributed by atoms with Crippen LogP contribution >= 0.6 is 0 Å². The van der Waals surface area contributed by atoms with Gasteiger partial charge in [0.1, 0.15) is 23.7 Å². The summed E-state index contributed by atoms with van der Waals surface area (Å²) in [6.07, 6.45) is 0.263. The molecule has 20 heteroatoms. The van der Waals surface area contributed by atoms with E-state index in [4.69, 9.17) is 19.7 Å². The zero-order valence-electron chi connectivity index (χ0n) is 37.0. The van der Waals surface area contributed by atoms with E-state index < -0.39 is 59.7 Å². The van der Waals surface area contributed by atoms with Crippen LogP contribution in [-0.2, 0) is 23.9 Å². The number of likely N-dealkylation sites (tertiary alicyclic amines) is 2. The Hall–Kier alpha value is -6.86. The van der Waals surface area contributed by atoms with Gasteiger partial charge < -0.3 is 34.6 Å². The lowest BCUT2D eigenvalue weighted by atomic mass is 9.85. The van der Waals surface area contributed by atoms with Crippen molar-refractivity contribution in [1.29, 1.82) is 0 Å². The molecule has 65 heavy (non-hydrogen) atoms. The van der Waals surface area contributed by atoms with E-state index in [0.29, 0.717) is 60.0 Å². The predicted octanol–water partition coefficient (Wildman–Crippen LogP) is 7.36. The molecule has 2 fully saturated rings. The quantitative estimate of drug-likeness (QED) is 0.0932. The first-order chi connectivity index (χ1) is 30.7. The number of likely N-dealkylation sites (N-methyl/N-ethyl adjacent to an activating group) is 1. The smallest absolute Gasteiger partial charge is 0.453 e. The zero-order valence-corrected chi connectivity index (χ0v) is 37.0. The molecule has 0 spiro atoms. The van der Waals surface area contributed by atoms with Gasteiger partial charge in [0.25, 0.3) is 0 Å².